The van der Waals surface area contributed by atoms with Gasteiger partial charge in [-0.25, -0.2) is 9.55 Å². The molecule has 3 heterocycles. The Bertz CT molecular complexity index is 1200. The number of para-hydroxylation sites is 2. The number of aryl methyl sites for hydroxylation is 3. The zero-order valence-electron chi connectivity index (χ0n) is 15.5. The van der Waals surface area contributed by atoms with E-state index < -0.39 is 0 Å². The first-order chi connectivity index (χ1) is 12.5. The molecule has 5 rings (SSSR count). The number of hydrogen-bond acceptors (Lipinski definition) is 2. The zero-order chi connectivity index (χ0) is 18.0. The third-order valence-electron chi connectivity index (χ3n) is 5.52. The quantitative estimate of drug-likeness (QED) is 0.435. The Labute approximate surface area is 152 Å². The topological polar surface area (TPSA) is 34.6 Å². The maximum absolute atomic E-state index is 4.89. The average Bonchev–Trinajstić information content (AvgIpc) is 3.14. The van der Waals surface area contributed by atoms with Gasteiger partial charge >= 0.3 is 0 Å². The highest BCUT2D eigenvalue weighted by molar-refractivity contribution is 5.85. The molecule has 0 atom stereocenters. The SMILES string of the molecule is Cc1cc(-c2c(C)c(C)cc3c2-n2c(nc4ccccc42)C3)[n+](C)cn1. The molecule has 4 heteroatoms. The second-order valence-electron chi connectivity index (χ2n) is 7.26. The van der Waals surface area contributed by atoms with Gasteiger partial charge in [-0.3, -0.25) is 4.57 Å². The zero-order valence-corrected chi connectivity index (χ0v) is 15.5. The van der Waals surface area contributed by atoms with Crippen LogP contribution in [0.2, 0.25) is 0 Å². The molecule has 4 nitrogen and oxygen atoms in total. The Morgan fingerprint density at radius 1 is 1.08 bits per heavy atom. The summed E-state index contributed by atoms with van der Waals surface area (Å²) in [6, 6.07) is 12.9. The van der Waals surface area contributed by atoms with Gasteiger partial charge in [0.25, 0.3) is 6.33 Å². The first kappa shape index (κ1) is 15.3. The average molecular weight is 341 g/mol. The van der Waals surface area contributed by atoms with Crippen LogP contribution >= 0.6 is 0 Å². The molecule has 0 radical (unpaired) electrons. The van der Waals surface area contributed by atoms with Crippen LogP contribution in [0.25, 0.3) is 28.0 Å². The van der Waals surface area contributed by atoms with Crippen LogP contribution in [-0.2, 0) is 13.5 Å². The van der Waals surface area contributed by atoms with E-state index in [1.165, 1.54) is 39.2 Å². The van der Waals surface area contributed by atoms with Crippen LogP contribution in [0.3, 0.4) is 0 Å². The predicted octanol–water partition coefficient (Wildman–Crippen LogP) is 3.74. The highest BCUT2D eigenvalue weighted by Crippen LogP contribution is 2.40. The predicted molar refractivity (Wildman–Crippen MR) is 102 cm³/mol. The molecule has 0 fully saturated rings. The van der Waals surface area contributed by atoms with Gasteiger partial charge in [0.1, 0.15) is 11.5 Å². The Balaban J connectivity index is 1.93. The maximum atomic E-state index is 4.89. The van der Waals surface area contributed by atoms with Crippen molar-refractivity contribution in [3.63, 3.8) is 0 Å². The molecule has 128 valence electrons. The number of fused-ring (bicyclic) bond motifs is 5. The van der Waals surface area contributed by atoms with Crippen molar-refractivity contribution in [3.05, 3.63) is 70.9 Å². The first-order valence-corrected chi connectivity index (χ1v) is 8.97. The fraction of sp³-hybridized carbons (Fsp3) is 0.227. The molecular weight excluding hydrogens is 320 g/mol. The van der Waals surface area contributed by atoms with Crippen LogP contribution in [0.5, 0.6) is 0 Å². The van der Waals surface area contributed by atoms with E-state index in [9.17, 15) is 0 Å². The van der Waals surface area contributed by atoms with E-state index in [0.717, 1.165) is 23.5 Å². The van der Waals surface area contributed by atoms with Crippen molar-refractivity contribution < 1.29 is 4.57 Å². The fourth-order valence-corrected chi connectivity index (χ4v) is 4.12. The monoisotopic (exact) mass is 341 g/mol. The largest absolute Gasteiger partial charge is 0.295 e. The fourth-order valence-electron chi connectivity index (χ4n) is 4.12. The van der Waals surface area contributed by atoms with Crippen LogP contribution in [0, 0.1) is 20.8 Å². The minimum atomic E-state index is 0.881. The van der Waals surface area contributed by atoms with E-state index in [4.69, 9.17) is 4.98 Å². The lowest BCUT2D eigenvalue weighted by Crippen LogP contribution is -2.32. The Hall–Kier alpha value is -3.01. The highest BCUT2D eigenvalue weighted by atomic mass is 15.1. The highest BCUT2D eigenvalue weighted by Gasteiger charge is 2.29. The second kappa shape index (κ2) is 5.24. The van der Waals surface area contributed by atoms with Crippen LogP contribution in [0.15, 0.2) is 42.7 Å². The number of benzene rings is 2. The second-order valence-corrected chi connectivity index (χ2v) is 7.26. The van der Waals surface area contributed by atoms with Crippen molar-refractivity contribution >= 4 is 11.0 Å². The van der Waals surface area contributed by atoms with Gasteiger partial charge in [0, 0.05) is 25.0 Å². The summed E-state index contributed by atoms with van der Waals surface area (Å²) in [7, 11) is 2.07. The molecule has 0 N–H and O–H groups in total. The Morgan fingerprint density at radius 3 is 2.73 bits per heavy atom. The van der Waals surface area contributed by atoms with Crippen LogP contribution in [0.1, 0.15) is 28.2 Å². The normalized spacial score (nSPS) is 12.5. The molecule has 0 spiro atoms. The lowest BCUT2D eigenvalue weighted by molar-refractivity contribution is -0.663. The molecule has 0 bridgehead atoms. The van der Waals surface area contributed by atoms with Crippen molar-refractivity contribution in [1.29, 1.82) is 0 Å². The molecule has 2 aromatic heterocycles. The summed E-state index contributed by atoms with van der Waals surface area (Å²) >= 11 is 0. The summed E-state index contributed by atoms with van der Waals surface area (Å²) < 4.78 is 4.47. The van der Waals surface area contributed by atoms with Gasteiger partial charge < -0.3 is 0 Å². The summed E-state index contributed by atoms with van der Waals surface area (Å²) in [6.07, 6.45) is 2.78. The smallest absolute Gasteiger partial charge is 0.286 e. The minimum Gasteiger partial charge on any atom is -0.295 e. The summed E-state index contributed by atoms with van der Waals surface area (Å²) in [5.41, 5.74) is 11.0. The van der Waals surface area contributed by atoms with E-state index in [-0.39, 0.29) is 0 Å². The molecule has 26 heavy (non-hydrogen) atoms. The number of aromatic nitrogens is 4. The van der Waals surface area contributed by atoms with E-state index >= 15 is 0 Å². The standard InChI is InChI=1S/C22H21N4/c1-13-9-16-11-20-24-17-7-5-6-8-18(17)26(20)22(16)21(15(13)3)19-10-14(2)23-12-25(19)4/h5-10,12H,11H2,1-4H3/q+1. The maximum Gasteiger partial charge on any atom is 0.286 e. The van der Waals surface area contributed by atoms with Crippen LogP contribution in [0.4, 0.5) is 0 Å². The van der Waals surface area contributed by atoms with Gasteiger partial charge in [0.15, 0.2) is 5.69 Å². The summed E-state index contributed by atoms with van der Waals surface area (Å²) in [5.74, 6) is 1.13. The van der Waals surface area contributed by atoms with Gasteiger partial charge in [-0.2, -0.15) is 0 Å². The van der Waals surface area contributed by atoms with Crippen molar-refractivity contribution in [1.82, 2.24) is 14.5 Å². The van der Waals surface area contributed by atoms with Gasteiger partial charge in [-0.15, -0.1) is 0 Å². The Morgan fingerprint density at radius 2 is 1.88 bits per heavy atom. The lowest BCUT2D eigenvalue weighted by Gasteiger charge is -2.16. The number of hydrogen-bond donors (Lipinski definition) is 0. The van der Waals surface area contributed by atoms with Gasteiger partial charge in [0.2, 0.25) is 0 Å². The van der Waals surface area contributed by atoms with Crippen LogP contribution in [-0.4, -0.2) is 14.5 Å². The molecule has 2 aromatic carbocycles. The van der Waals surface area contributed by atoms with Crippen molar-refractivity contribution in [2.45, 2.75) is 27.2 Å². The van der Waals surface area contributed by atoms with E-state index in [0.29, 0.717) is 0 Å². The molecule has 0 aliphatic carbocycles. The minimum absolute atomic E-state index is 0.881. The third kappa shape index (κ3) is 1.99. The number of imidazole rings is 1. The van der Waals surface area contributed by atoms with Crippen molar-refractivity contribution in [3.8, 4) is 16.9 Å². The molecule has 1 aliphatic rings. The summed E-state index contributed by atoms with van der Waals surface area (Å²) in [4.78, 5) is 9.32. The van der Waals surface area contributed by atoms with Gasteiger partial charge in [-0.1, -0.05) is 23.2 Å². The molecular formula is C22H21N4+. The van der Waals surface area contributed by atoms with Gasteiger partial charge in [-0.05, 0) is 42.7 Å². The number of rotatable bonds is 1. The molecule has 0 saturated carbocycles. The van der Waals surface area contributed by atoms with E-state index in [1.807, 2.05) is 13.3 Å². The third-order valence-corrected chi connectivity index (χ3v) is 5.52. The van der Waals surface area contributed by atoms with E-state index in [2.05, 4.69) is 71.4 Å². The summed E-state index contributed by atoms with van der Waals surface area (Å²) in [5, 5.41) is 0. The van der Waals surface area contributed by atoms with Crippen molar-refractivity contribution in [2.75, 3.05) is 0 Å². The molecule has 0 unspecified atom stereocenters. The lowest BCUT2D eigenvalue weighted by atomic mass is 9.94. The Kier molecular flexibility index (Phi) is 3.08. The summed E-state index contributed by atoms with van der Waals surface area (Å²) in [6.45, 7) is 6.47. The molecule has 1 aliphatic heterocycles. The van der Waals surface area contributed by atoms with Crippen molar-refractivity contribution in [2.24, 2.45) is 7.05 Å². The molecule has 4 aromatic rings. The van der Waals surface area contributed by atoms with Gasteiger partial charge in [0.05, 0.1) is 23.8 Å². The first-order valence-electron chi connectivity index (χ1n) is 8.97. The van der Waals surface area contributed by atoms with E-state index in [1.54, 1.807) is 0 Å². The molecule has 0 saturated heterocycles. The van der Waals surface area contributed by atoms with Crippen LogP contribution < -0.4 is 4.57 Å². The number of nitrogens with zero attached hydrogens (tertiary/aromatic N) is 4. The molecule has 0 amide bonds.